The molecule has 172 valence electrons. The molecule has 4 rings (SSSR count). The Hall–Kier alpha value is -2.89. The summed E-state index contributed by atoms with van der Waals surface area (Å²) in [4.78, 5) is 17.0. The van der Waals surface area contributed by atoms with Crippen LogP contribution in [0.4, 0.5) is 10.5 Å². The third-order valence-electron chi connectivity index (χ3n) is 6.93. The lowest BCUT2D eigenvalue weighted by atomic mass is 9.90. The maximum Gasteiger partial charge on any atom is 0.317 e. The molecule has 2 aliphatic heterocycles. The molecule has 2 aliphatic rings. The zero-order valence-electron chi connectivity index (χ0n) is 19.0. The first-order valence-corrected chi connectivity index (χ1v) is 11.8. The van der Waals surface area contributed by atoms with E-state index in [1.54, 1.807) is 19.2 Å². The van der Waals surface area contributed by atoms with Crippen LogP contribution in [0, 0.1) is 11.8 Å². The molecule has 32 heavy (non-hydrogen) atoms. The average Bonchev–Trinajstić information content (AvgIpc) is 3.32. The van der Waals surface area contributed by atoms with Gasteiger partial charge in [0.1, 0.15) is 11.5 Å². The van der Waals surface area contributed by atoms with E-state index >= 15 is 0 Å². The summed E-state index contributed by atoms with van der Waals surface area (Å²) in [5.74, 6) is 2.34. The van der Waals surface area contributed by atoms with Crippen molar-refractivity contribution in [1.82, 2.24) is 10.2 Å². The van der Waals surface area contributed by atoms with Crippen molar-refractivity contribution in [2.75, 3.05) is 44.7 Å². The first kappa shape index (κ1) is 22.3. The van der Waals surface area contributed by atoms with Gasteiger partial charge in [0, 0.05) is 44.5 Å². The van der Waals surface area contributed by atoms with Crippen LogP contribution in [0.5, 0.6) is 11.5 Å². The average molecular weight is 438 g/mol. The van der Waals surface area contributed by atoms with Gasteiger partial charge < -0.3 is 25.0 Å². The zero-order valence-corrected chi connectivity index (χ0v) is 19.0. The molecule has 0 radical (unpaired) electrons. The number of nitrogens with one attached hydrogen (secondary N) is 1. The Kier molecular flexibility index (Phi) is 7.40. The number of ether oxygens (including phenoxy) is 1. The van der Waals surface area contributed by atoms with Crippen molar-refractivity contribution in [3.8, 4) is 11.5 Å². The topological polar surface area (TPSA) is 65.0 Å². The minimum Gasteiger partial charge on any atom is -0.508 e. The van der Waals surface area contributed by atoms with Crippen LogP contribution in [-0.4, -0.2) is 55.9 Å². The number of likely N-dealkylation sites (tertiary alicyclic amines) is 1. The molecule has 6 nitrogen and oxygen atoms in total. The Labute approximate surface area is 191 Å². The fourth-order valence-corrected chi connectivity index (χ4v) is 4.84. The first-order chi connectivity index (χ1) is 15.6. The van der Waals surface area contributed by atoms with Crippen molar-refractivity contribution in [3.63, 3.8) is 0 Å². The Balaban J connectivity index is 1.15. The number of anilines is 1. The van der Waals surface area contributed by atoms with Gasteiger partial charge in [0.25, 0.3) is 0 Å². The lowest BCUT2D eigenvalue weighted by molar-refractivity contribution is 0.167. The quantitative estimate of drug-likeness (QED) is 0.679. The SMILES string of the molecule is COc1cccc(N2CCC(CNC(=O)N3CCC(CCc4ccc(O)cc4)CC3)C2)c1. The van der Waals surface area contributed by atoms with Crippen molar-refractivity contribution in [1.29, 1.82) is 0 Å². The van der Waals surface area contributed by atoms with Crippen LogP contribution in [0.1, 0.15) is 31.2 Å². The number of carbonyl (C=O) groups is 1. The Morgan fingerprint density at radius 3 is 2.56 bits per heavy atom. The summed E-state index contributed by atoms with van der Waals surface area (Å²) in [6.07, 6.45) is 5.40. The Morgan fingerprint density at radius 2 is 1.81 bits per heavy atom. The number of piperidine rings is 1. The van der Waals surface area contributed by atoms with Gasteiger partial charge in [-0.2, -0.15) is 0 Å². The highest BCUT2D eigenvalue weighted by atomic mass is 16.5. The van der Waals surface area contributed by atoms with E-state index in [1.807, 2.05) is 29.2 Å². The third kappa shape index (κ3) is 5.87. The van der Waals surface area contributed by atoms with Crippen LogP contribution in [0.15, 0.2) is 48.5 Å². The van der Waals surface area contributed by atoms with E-state index in [4.69, 9.17) is 4.74 Å². The van der Waals surface area contributed by atoms with E-state index in [9.17, 15) is 9.90 Å². The van der Waals surface area contributed by atoms with E-state index in [1.165, 1.54) is 11.3 Å². The number of amides is 2. The number of urea groups is 1. The molecule has 0 aliphatic carbocycles. The van der Waals surface area contributed by atoms with Gasteiger partial charge in [0.2, 0.25) is 0 Å². The van der Waals surface area contributed by atoms with Crippen molar-refractivity contribution in [3.05, 3.63) is 54.1 Å². The van der Waals surface area contributed by atoms with E-state index in [0.717, 1.165) is 70.6 Å². The van der Waals surface area contributed by atoms with Crippen molar-refractivity contribution in [2.45, 2.75) is 32.1 Å². The van der Waals surface area contributed by atoms with E-state index in [2.05, 4.69) is 22.3 Å². The molecular formula is C26H35N3O3. The van der Waals surface area contributed by atoms with Gasteiger partial charge in [-0.15, -0.1) is 0 Å². The molecule has 2 saturated heterocycles. The third-order valence-corrected chi connectivity index (χ3v) is 6.93. The number of hydrogen-bond acceptors (Lipinski definition) is 4. The molecule has 2 fully saturated rings. The summed E-state index contributed by atoms with van der Waals surface area (Å²) < 4.78 is 5.34. The number of phenols is 1. The van der Waals surface area contributed by atoms with Gasteiger partial charge in [-0.05, 0) is 73.8 Å². The molecule has 2 N–H and O–H groups in total. The maximum atomic E-state index is 12.7. The van der Waals surface area contributed by atoms with Crippen molar-refractivity contribution >= 4 is 11.7 Å². The second-order valence-electron chi connectivity index (χ2n) is 9.12. The molecule has 0 aromatic heterocycles. The molecule has 2 heterocycles. The zero-order chi connectivity index (χ0) is 22.3. The first-order valence-electron chi connectivity index (χ1n) is 11.8. The van der Waals surface area contributed by atoms with Crippen LogP contribution in [0.2, 0.25) is 0 Å². The number of aromatic hydroxyl groups is 1. The van der Waals surface area contributed by atoms with Crippen LogP contribution < -0.4 is 15.0 Å². The number of aryl methyl sites for hydroxylation is 1. The Morgan fingerprint density at radius 1 is 1.06 bits per heavy atom. The monoisotopic (exact) mass is 437 g/mol. The highest BCUT2D eigenvalue weighted by Crippen LogP contribution is 2.27. The minimum atomic E-state index is 0.0850. The van der Waals surface area contributed by atoms with Gasteiger partial charge in [-0.3, -0.25) is 0 Å². The van der Waals surface area contributed by atoms with Gasteiger partial charge in [0.05, 0.1) is 7.11 Å². The second-order valence-corrected chi connectivity index (χ2v) is 9.12. The molecule has 2 aromatic carbocycles. The predicted molar refractivity (Wildman–Crippen MR) is 127 cm³/mol. The fraction of sp³-hybridized carbons (Fsp3) is 0.500. The summed E-state index contributed by atoms with van der Waals surface area (Å²) in [5.41, 5.74) is 2.45. The van der Waals surface area contributed by atoms with Crippen LogP contribution in [-0.2, 0) is 6.42 Å². The number of phenolic OH excluding ortho intramolecular Hbond substituents is 1. The van der Waals surface area contributed by atoms with Crippen molar-refractivity contribution in [2.24, 2.45) is 11.8 Å². The lowest BCUT2D eigenvalue weighted by Crippen LogP contribution is -2.45. The molecule has 6 heteroatoms. The second kappa shape index (κ2) is 10.6. The number of nitrogens with zero attached hydrogens (tertiary/aromatic N) is 2. The number of methoxy groups -OCH3 is 1. The molecule has 2 amide bonds. The number of rotatable bonds is 7. The molecule has 1 unspecified atom stereocenters. The lowest BCUT2D eigenvalue weighted by Gasteiger charge is -2.32. The fourth-order valence-electron chi connectivity index (χ4n) is 4.84. The molecule has 1 atom stereocenters. The minimum absolute atomic E-state index is 0.0850. The van der Waals surface area contributed by atoms with E-state index in [0.29, 0.717) is 17.6 Å². The molecule has 0 bridgehead atoms. The standard InChI is InChI=1S/C26H35N3O3/c1-32-25-4-2-3-23(17-25)29-16-13-22(19-29)18-27-26(31)28-14-11-21(12-15-28)6-5-20-7-9-24(30)10-8-20/h2-4,7-10,17,21-22,30H,5-6,11-16,18-19H2,1H3,(H,27,31). The van der Waals surface area contributed by atoms with Crippen LogP contribution >= 0.6 is 0 Å². The van der Waals surface area contributed by atoms with Gasteiger partial charge in [-0.1, -0.05) is 18.2 Å². The number of benzene rings is 2. The molecular weight excluding hydrogens is 402 g/mol. The van der Waals surface area contributed by atoms with Crippen LogP contribution in [0.3, 0.4) is 0 Å². The normalized spacial score (nSPS) is 19.2. The largest absolute Gasteiger partial charge is 0.508 e. The van der Waals surface area contributed by atoms with E-state index < -0.39 is 0 Å². The smallest absolute Gasteiger partial charge is 0.317 e. The summed E-state index contributed by atoms with van der Waals surface area (Å²) in [6.45, 7) is 4.40. The van der Waals surface area contributed by atoms with Gasteiger partial charge >= 0.3 is 6.03 Å². The number of hydrogen-bond donors (Lipinski definition) is 2. The molecule has 0 spiro atoms. The van der Waals surface area contributed by atoms with Crippen LogP contribution in [0.25, 0.3) is 0 Å². The summed E-state index contributed by atoms with van der Waals surface area (Å²) in [5, 5.41) is 12.6. The summed E-state index contributed by atoms with van der Waals surface area (Å²) in [6, 6.07) is 15.8. The maximum absolute atomic E-state index is 12.7. The Bertz CT molecular complexity index is 878. The highest BCUT2D eigenvalue weighted by molar-refractivity contribution is 5.74. The summed E-state index contributed by atoms with van der Waals surface area (Å²) in [7, 11) is 1.69. The summed E-state index contributed by atoms with van der Waals surface area (Å²) >= 11 is 0. The van der Waals surface area contributed by atoms with Gasteiger partial charge in [0.15, 0.2) is 0 Å². The molecule has 2 aromatic rings. The van der Waals surface area contributed by atoms with Gasteiger partial charge in [-0.25, -0.2) is 4.79 Å². The van der Waals surface area contributed by atoms with E-state index in [-0.39, 0.29) is 6.03 Å². The van der Waals surface area contributed by atoms with Crippen molar-refractivity contribution < 1.29 is 14.6 Å². The number of carbonyl (C=O) groups excluding carboxylic acids is 1. The predicted octanol–water partition coefficient (Wildman–Crippen LogP) is 4.28. The molecule has 0 saturated carbocycles. The highest BCUT2D eigenvalue weighted by Gasteiger charge is 2.26.